The average Bonchev–Trinajstić information content (AvgIpc) is 2.24. The van der Waals surface area contributed by atoms with Crippen LogP contribution in [-0.4, -0.2) is 24.4 Å². The third-order valence-corrected chi connectivity index (χ3v) is 1.66. The first-order valence-corrected chi connectivity index (χ1v) is 4.87. The molecule has 0 aliphatic rings. The van der Waals surface area contributed by atoms with Crippen molar-refractivity contribution in [1.82, 2.24) is 0 Å². The van der Waals surface area contributed by atoms with Crippen molar-refractivity contribution >= 4 is 0 Å². The summed E-state index contributed by atoms with van der Waals surface area (Å²) in [7, 11) is 0. The van der Waals surface area contributed by atoms with Crippen LogP contribution in [-0.2, 0) is 0 Å². The molecule has 1 atom stereocenters. The number of hydrogen-bond acceptors (Lipinski definition) is 3. The van der Waals surface area contributed by atoms with Crippen molar-refractivity contribution in [2.45, 2.75) is 13.0 Å². The maximum absolute atomic E-state index is 9.05. The molecule has 82 valence electrons. The lowest BCUT2D eigenvalue weighted by molar-refractivity contribution is 0.122. The number of benzene rings is 1. The molecule has 0 saturated carbocycles. The van der Waals surface area contributed by atoms with E-state index in [1.165, 1.54) is 0 Å². The summed E-state index contributed by atoms with van der Waals surface area (Å²) >= 11 is 0. The van der Waals surface area contributed by atoms with Gasteiger partial charge in [-0.2, -0.15) is 0 Å². The van der Waals surface area contributed by atoms with Gasteiger partial charge in [-0.1, -0.05) is 18.7 Å². The van der Waals surface area contributed by atoms with E-state index in [1.807, 2.05) is 18.2 Å². The van der Waals surface area contributed by atoms with Crippen molar-refractivity contribution in [3.05, 3.63) is 36.9 Å². The highest BCUT2D eigenvalue weighted by Gasteiger charge is 1.99. The highest BCUT2D eigenvalue weighted by molar-refractivity contribution is 5.33. The minimum Gasteiger partial charge on any atom is -0.491 e. The van der Waals surface area contributed by atoms with E-state index in [4.69, 9.17) is 14.6 Å². The Labute approximate surface area is 90.0 Å². The lowest BCUT2D eigenvalue weighted by Gasteiger charge is -2.09. The molecule has 0 unspecified atom stereocenters. The summed E-state index contributed by atoms with van der Waals surface area (Å²) in [6, 6.07) is 7.30. The number of aliphatic hydroxyl groups is 1. The van der Waals surface area contributed by atoms with Gasteiger partial charge in [-0.25, -0.2) is 0 Å². The van der Waals surface area contributed by atoms with Gasteiger partial charge >= 0.3 is 0 Å². The predicted octanol–water partition coefficient (Wildman–Crippen LogP) is 2.01. The van der Waals surface area contributed by atoms with E-state index >= 15 is 0 Å². The molecule has 0 aliphatic carbocycles. The van der Waals surface area contributed by atoms with Crippen LogP contribution in [0.25, 0.3) is 0 Å². The second-order valence-corrected chi connectivity index (χ2v) is 3.23. The minimum atomic E-state index is -0.470. The molecule has 0 fully saturated rings. The quantitative estimate of drug-likeness (QED) is 0.727. The molecule has 3 heteroatoms. The molecular weight excluding hydrogens is 192 g/mol. The average molecular weight is 208 g/mol. The molecule has 0 spiro atoms. The Kier molecular flexibility index (Phi) is 4.71. The Morgan fingerprint density at radius 3 is 2.67 bits per heavy atom. The summed E-state index contributed by atoms with van der Waals surface area (Å²) in [5.74, 6) is 1.43. The van der Waals surface area contributed by atoms with Crippen LogP contribution in [0.5, 0.6) is 11.5 Å². The van der Waals surface area contributed by atoms with Gasteiger partial charge in [0, 0.05) is 6.07 Å². The highest BCUT2D eigenvalue weighted by atomic mass is 16.5. The Morgan fingerprint density at radius 1 is 1.40 bits per heavy atom. The van der Waals surface area contributed by atoms with Gasteiger partial charge in [0.15, 0.2) is 0 Å². The van der Waals surface area contributed by atoms with Gasteiger partial charge in [0.2, 0.25) is 0 Å². The van der Waals surface area contributed by atoms with E-state index in [9.17, 15) is 0 Å². The van der Waals surface area contributed by atoms with Crippen molar-refractivity contribution in [2.24, 2.45) is 0 Å². The Hall–Kier alpha value is -1.48. The van der Waals surface area contributed by atoms with Gasteiger partial charge in [0.05, 0.1) is 6.10 Å². The van der Waals surface area contributed by atoms with E-state index in [0.717, 1.165) is 5.75 Å². The first-order chi connectivity index (χ1) is 7.22. The van der Waals surface area contributed by atoms with E-state index in [-0.39, 0.29) is 6.61 Å². The smallest absolute Gasteiger partial charge is 0.123 e. The molecule has 1 aromatic carbocycles. The van der Waals surface area contributed by atoms with E-state index in [1.54, 1.807) is 19.1 Å². The maximum Gasteiger partial charge on any atom is 0.123 e. The fourth-order valence-electron chi connectivity index (χ4n) is 1.03. The first-order valence-electron chi connectivity index (χ1n) is 4.87. The molecule has 0 amide bonds. The molecule has 0 saturated heterocycles. The van der Waals surface area contributed by atoms with Crippen LogP contribution in [0.3, 0.4) is 0 Å². The van der Waals surface area contributed by atoms with Crippen molar-refractivity contribution in [2.75, 3.05) is 13.2 Å². The Bertz CT molecular complexity index is 307. The van der Waals surface area contributed by atoms with Crippen molar-refractivity contribution < 1.29 is 14.6 Å². The second kappa shape index (κ2) is 6.09. The van der Waals surface area contributed by atoms with Crippen molar-refractivity contribution in [3.8, 4) is 11.5 Å². The fraction of sp³-hybridized carbons (Fsp3) is 0.333. The molecule has 15 heavy (non-hydrogen) atoms. The second-order valence-electron chi connectivity index (χ2n) is 3.23. The van der Waals surface area contributed by atoms with Crippen LogP contribution in [0.4, 0.5) is 0 Å². The van der Waals surface area contributed by atoms with Gasteiger partial charge in [-0.15, -0.1) is 0 Å². The zero-order valence-electron chi connectivity index (χ0n) is 8.85. The van der Waals surface area contributed by atoms with Crippen LogP contribution in [0, 0.1) is 0 Å². The molecule has 0 aliphatic heterocycles. The topological polar surface area (TPSA) is 38.7 Å². The zero-order valence-corrected chi connectivity index (χ0v) is 8.85. The lowest BCUT2D eigenvalue weighted by atomic mass is 10.3. The van der Waals surface area contributed by atoms with E-state index in [0.29, 0.717) is 12.4 Å². The van der Waals surface area contributed by atoms with Crippen LogP contribution in [0.1, 0.15) is 6.92 Å². The molecule has 1 rings (SSSR count). The largest absolute Gasteiger partial charge is 0.491 e. The van der Waals surface area contributed by atoms with Crippen molar-refractivity contribution in [3.63, 3.8) is 0 Å². The summed E-state index contributed by atoms with van der Waals surface area (Å²) in [6.07, 6.45) is 1.21. The monoisotopic (exact) mass is 208 g/mol. The van der Waals surface area contributed by atoms with Gasteiger partial charge < -0.3 is 14.6 Å². The van der Waals surface area contributed by atoms with Crippen LogP contribution in [0.2, 0.25) is 0 Å². The summed E-state index contributed by atoms with van der Waals surface area (Å²) in [5, 5.41) is 9.05. The third kappa shape index (κ3) is 4.51. The molecule has 1 aromatic rings. The first kappa shape index (κ1) is 11.6. The summed E-state index contributed by atoms with van der Waals surface area (Å²) < 4.78 is 10.7. The lowest BCUT2D eigenvalue weighted by Crippen LogP contribution is -2.12. The SMILES string of the molecule is C=CCOc1cccc(OC[C@H](C)O)c1. The van der Waals surface area contributed by atoms with E-state index in [2.05, 4.69) is 6.58 Å². The summed E-state index contributed by atoms with van der Waals surface area (Å²) in [5.41, 5.74) is 0. The summed E-state index contributed by atoms with van der Waals surface area (Å²) in [4.78, 5) is 0. The molecule has 0 bridgehead atoms. The normalized spacial score (nSPS) is 11.9. The molecule has 3 nitrogen and oxygen atoms in total. The molecule has 0 radical (unpaired) electrons. The molecule has 0 heterocycles. The Balaban J connectivity index is 2.53. The summed E-state index contributed by atoms with van der Waals surface area (Å²) in [6.45, 7) is 6.00. The zero-order chi connectivity index (χ0) is 11.1. The van der Waals surface area contributed by atoms with Gasteiger partial charge in [0.1, 0.15) is 24.7 Å². The van der Waals surface area contributed by atoms with E-state index < -0.39 is 6.10 Å². The molecular formula is C12H16O3. The van der Waals surface area contributed by atoms with Gasteiger partial charge in [-0.05, 0) is 19.1 Å². The fourth-order valence-corrected chi connectivity index (χ4v) is 1.03. The number of hydrogen-bond donors (Lipinski definition) is 1. The molecule has 0 aromatic heterocycles. The third-order valence-electron chi connectivity index (χ3n) is 1.66. The standard InChI is InChI=1S/C12H16O3/c1-3-7-14-11-5-4-6-12(8-11)15-9-10(2)13/h3-6,8,10,13H,1,7,9H2,2H3/t10-/m0/s1. The number of aliphatic hydroxyl groups excluding tert-OH is 1. The number of ether oxygens (including phenoxy) is 2. The van der Waals surface area contributed by atoms with Gasteiger partial charge in [-0.3, -0.25) is 0 Å². The van der Waals surface area contributed by atoms with Crippen molar-refractivity contribution in [1.29, 1.82) is 0 Å². The number of rotatable bonds is 6. The maximum atomic E-state index is 9.05. The van der Waals surface area contributed by atoms with Crippen LogP contribution in [0.15, 0.2) is 36.9 Å². The Morgan fingerprint density at radius 2 is 2.07 bits per heavy atom. The molecule has 1 N–H and O–H groups in total. The van der Waals surface area contributed by atoms with Crippen LogP contribution >= 0.6 is 0 Å². The predicted molar refractivity (Wildman–Crippen MR) is 59.3 cm³/mol. The van der Waals surface area contributed by atoms with Gasteiger partial charge in [0.25, 0.3) is 0 Å². The minimum absolute atomic E-state index is 0.283. The van der Waals surface area contributed by atoms with Crippen LogP contribution < -0.4 is 9.47 Å². The highest BCUT2D eigenvalue weighted by Crippen LogP contribution is 2.19.